The number of halogens is 1. The molecule has 0 spiro atoms. The van der Waals surface area contributed by atoms with Gasteiger partial charge in [0.1, 0.15) is 0 Å². The molecule has 0 fully saturated rings. The number of thioether (sulfide) groups is 1. The number of anilines is 1. The topological polar surface area (TPSA) is 49.3 Å². The van der Waals surface area contributed by atoms with Gasteiger partial charge in [0.25, 0.3) is 0 Å². The van der Waals surface area contributed by atoms with Crippen LogP contribution in [0.1, 0.15) is 24.2 Å². The summed E-state index contributed by atoms with van der Waals surface area (Å²) < 4.78 is 0.662. The van der Waals surface area contributed by atoms with Crippen LogP contribution in [0.2, 0.25) is 0 Å². The maximum absolute atomic E-state index is 11.2. The highest BCUT2D eigenvalue weighted by atomic mass is 79.9. The average molecular weight is 318 g/mol. The van der Waals surface area contributed by atoms with Gasteiger partial charge in [-0.05, 0) is 48.2 Å². The van der Waals surface area contributed by atoms with Gasteiger partial charge in [-0.3, -0.25) is 0 Å². The van der Waals surface area contributed by atoms with Crippen molar-refractivity contribution in [3.05, 3.63) is 28.2 Å². The van der Waals surface area contributed by atoms with E-state index in [1.54, 1.807) is 23.9 Å². The van der Waals surface area contributed by atoms with Gasteiger partial charge in [-0.15, -0.1) is 0 Å². The van der Waals surface area contributed by atoms with Crippen LogP contribution in [-0.4, -0.2) is 28.6 Å². The number of nitrogens with one attached hydrogen (secondary N) is 1. The molecule has 0 unspecified atom stereocenters. The molecule has 2 N–H and O–H groups in total. The fraction of sp³-hybridized carbons (Fsp3) is 0.417. The molecule has 1 rings (SSSR count). The summed E-state index contributed by atoms with van der Waals surface area (Å²) in [5, 5.41) is 12.4. The van der Waals surface area contributed by atoms with Gasteiger partial charge in [0.2, 0.25) is 0 Å². The van der Waals surface area contributed by atoms with E-state index in [0.29, 0.717) is 16.7 Å². The van der Waals surface area contributed by atoms with Gasteiger partial charge in [0.15, 0.2) is 0 Å². The SMILES string of the molecule is CSC(C)(C)CNc1cccc(Br)c1C(=O)O. The van der Waals surface area contributed by atoms with Crippen LogP contribution in [-0.2, 0) is 0 Å². The zero-order chi connectivity index (χ0) is 13.1. The van der Waals surface area contributed by atoms with Gasteiger partial charge in [0.05, 0.1) is 5.56 Å². The Bertz CT molecular complexity index is 421. The molecule has 0 bridgehead atoms. The Kier molecular flexibility index (Phi) is 4.89. The molecule has 0 heterocycles. The zero-order valence-corrected chi connectivity index (χ0v) is 12.5. The molecule has 0 saturated heterocycles. The number of carboxylic acids is 1. The molecule has 0 saturated carbocycles. The summed E-state index contributed by atoms with van der Waals surface area (Å²) in [6.45, 7) is 4.94. The first-order valence-corrected chi connectivity index (χ1v) is 7.20. The van der Waals surface area contributed by atoms with E-state index >= 15 is 0 Å². The third-order valence-electron chi connectivity index (χ3n) is 2.48. The lowest BCUT2D eigenvalue weighted by Crippen LogP contribution is -2.26. The minimum absolute atomic E-state index is 0.0676. The van der Waals surface area contributed by atoms with Crippen molar-refractivity contribution < 1.29 is 9.90 Å². The molecule has 0 radical (unpaired) electrons. The Morgan fingerprint density at radius 2 is 2.18 bits per heavy atom. The van der Waals surface area contributed by atoms with Crippen molar-refractivity contribution in [3.8, 4) is 0 Å². The first-order chi connectivity index (χ1) is 7.87. The second-order valence-electron chi connectivity index (χ2n) is 4.28. The highest BCUT2D eigenvalue weighted by Crippen LogP contribution is 2.27. The molecule has 3 nitrogen and oxygen atoms in total. The quantitative estimate of drug-likeness (QED) is 0.869. The van der Waals surface area contributed by atoms with Gasteiger partial charge in [0, 0.05) is 21.5 Å². The monoisotopic (exact) mass is 317 g/mol. The smallest absolute Gasteiger partial charge is 0.338 e. The van der Waals surface area contributed by atoms with Crippen LogP contribution in [0.3, 0.4) is 0 Å². The fourth-order valence-corrected chi connectivity index (χ4v) is 2.02. The second-order valence-corrected chi connectivity index (χ2v) is 6.65. The van der Waals surface area contributed by atoms with Gasteiger partial charge >= 0.3 is 5.97 Å². The first kappa shape index (κ1) is 14.4. The Labute approximate surface area is 114 Å². The highest BCUT2D eigenvalue weighted by molar-refractivity contribution is 9.10. The second kappa shape index (κ2) is 5.78. The van der Waals surface area contributed by atoms with Gasteiger partial charge < -0.3 is 10.4 Å². The third kappa shape index (κ3) is 3.92. The standard InChI is InChI=1S/C12H16BrNO2S/c1-12(2,17-3)7-14-9-6-4-5-8(13)10(9)11(15)16/h4-6,14H,7H2,1-3H3,(H,15,16). The molecule has 0 aliphatic rings. The van der Waals surface area contributed by atoms with Crippen molar-refractivity contribution in [3.63, 3.8) is 0 Å². The summed E-state index contributed by atoms with van der Waals surface area (Å²) in [5.74, 6) is -0.929. The van der Waals surface area contributed by atoms with E-state index in [1.807, 2.05) is 12.3 Å². The Balaban J connectivity index is 2.92. The van der Waals surface area contributed by atoms with E-state index in [1.165, 1.54) is 0 Å². The van der Waals surface area contributed by atoms with Crippen molar-refractivity contribution in [2.45, 2.75) is 18.6 Å². The zero-order valence-electron chi connectivity index (χ0n) is 10.1. The maximum Gasteiger partial charge on any atom is 0.338 e. The third-order valence-corrected chi connectivity index (χ3v) is 4.39. The van der Waals surface area contributed by atoms with Crippen LogP contribution in [0.5, 0.6) is 0 Å². The molecule has 0 amide bonds. The molecular formula is C12H16BrNO2S. The molecular weight excluding hydrogens is 302 g/mol. The average Bonchev–Trinajstić information content (AvgIpc) is 2.26. The minimum Gasteiger partial charge on any atom is -0.478 e. The summed E-state index contributed by atoms with van der Waals surface area (Å²) in [4.78, 5) is 11.2. The van der Waals surface area contributed by atoms with Crippen molar-refractivity contribution in [1.29, 1.82) is 0 Å². The van der Waals surface area contributed by atoms with Crippen LogP contribution in [0.15, 0.2) is 22.7 Å². The Morgan fingerprint density at radius 3 is 2.71 bits per heavy atom. The number of benzene rings is 1. The van der Waals surface area contributed by atoms with E-state index in [9.17, 15) is 4.79 Å². The summed E-state index contributed by atoms with van der Waals surface area (Å²) in [6, 6.07) is 5.34. The molecule has 17 heavy (non-hydrogen) atoms. The van der Waals surface area contributed by atoms with E-state index < -0.39 is 5.97 Å². The van der Waals surface area contributed by atoms with Gasteiger partial charge in [-0.2, -0.15) is 11.8 Å². The largest absolute Gasteiger partial charge is 0.478 e. The molecule has 0 aliphatic carbocycles. The minimum atomic E-state index is -0.929. The number of aromatic carboxylic acids is 1. The number of hydrogen-bond donors (Lipinski definition) is 2. The van der Waals surface area contributed by atoms with E-state index in [0.717, 1.165) is 0 Å². The Hall–Kier alpha value is -0.680. The highest BCUT2D eigenvalue weighted by Gasteiger charge is 2.18. The van der Waals surface area contributed by atoms with Crippen LogP contribution < -0.4 is 5.32 Å². The van der Waals surface area contributed by atoms with Crippen LogP contribution in [0, 0.1) is 0 Å². The lowest BCUT2D eigenvalue weighted by Gasteiger charge is -2.23. The van der Waals surface area contributed by atoms with Gasteiger partial charge in [-0.1, -0.05) is 6.07 Å². The van der Waals surface area contributed by atoms with E-state index in [4.69, 9.17) is 5.11 Å². The molecule has 94 valence electrons. The fourth-order valence-electron chi connectivity index (χ4n) is 1.27. The van der Waals surface area contributed by atoms with Gasteiger partial charge in [-0.25, -0.2) is 4.79 Å². The summed E-state index contributed by atoms with van der Waals surface area (Å²) >= 11 is 5.00. The Morgan fingerprint density at radius 1 is 1.53 bits per heavy atom. The van der Waals surface area contributed by atoms with E-state index in [-0.39, 0.29) is 10.3 Å². The predicted molar refractivity (Wildman–Crippen MR) is 77.2 cm³/mol. The lowest BCUT2D eigenvalue weighted by atomic mass is 10.1. The number of carboxylic acid groups (broad SMARTS) is 1. The van der Waals surface area contributed by atoms with Crippen LogP contribution in [0.25, 0.3) is 0 Å². The molecule has 1 aromatic rings. The molecule has 5 heteroatoms. The summed E-state index contributed by atoms with van der Waals surface area (Å²) in [6.07, 6.45) is 2.04. The summed E-state index contributed by atoms with van der Waals surface area (Å²) in [7, 11) is 0. The van der Waals surface area contributed by atoms with Crippen LogP contribution >= 0.6 is 27.7 Å². The summed E-state index contributed by atoms with van der Waals surface area (Å²) in [5.41, 5.74) is 0.929. The lowest BCUT2D eigenvalue weighted by molar-refractivity contribution is 0.0697. The number of rotatable bonds is 5. The molecule has 0 aromatic heterocycles. The number of carbonyl (C=O) groups is 1. The van der Waals surface area contributed by atoms with Crippen molar-refractivity contribution in [1.82, 2.24) is 0 Å². The predicted octanol–water partition coefficient (Wildman–Crippen LogP) is 3.70. The normalized spacial score (nSPS) is 11.3. The number of hydrogen-bond acceptors (Lipinski definition) is 3. The molecule has 0 aliphatic heterocycles. The molecule has 1 aromatic carbocycles. The molecule has 0 atom stereocenters. The van der Waals surface area contributed by atoms with Crippen molar-refractivity contribution in [2.75, 3.05) is 18.1 Å². The first-order valence-electron chi connectivity index (χ1n) is 5.18. The maximum atomic E-state index is 11.2. The van der Waals surface area contributed by atoms with Crippen LogP contribution in [0.4, 0.5) is 5.69 Å². The van der Waals surface area contributed by atoms with Crippen molar-refractivity contribution in [2.24, 2.45) is 0 Å². The van der Waals surface area contributed by atoms with E-state index in [2.05, 4.69) is 35.1 Å². The van der Waals surface area contributed by atoms with Crippen molar-refractivity contribution >= 4 is 39.3 Å².